The van der Waals surface area contributed by atoms with Crippen molar-refractivity contribution in [2.75, 3.05) is 6.54 Å². The van der Waals surface area contributed by atoms with E-state index in [0.29, 0.717) is 23.3 Å². The van der Waals surface area contributed by atoms with Crippen LogP contribution in [0.15, 0.2) is 30.5 Å². The number of aromatic nitrogens is 1. The molecule has 2 N–H and O–H groups in total. The molecule has 3 unspecified atom stereocenters. The molecule has 4 aliphatic carbocycles. The normalized spacial score (nSPS) is 35.0. The molecule has 2 heterocycles. The number of para-hydroxylation sites is 1. The molecule has 4 saturated carbocycles. The third-order valence-corrected chi connectivity index (χ3v) is 8.82. The fourth-order valence-corrected chi connectivity index (χ4v) is 7.74. The van der Waals surface area contributed by atoms with Crippen LogP contribution in [0.25, 0.3) is 10.9 Å². The zero-order valence-electron chi connectivity index (χ0n) is 19.5. The molecule has 2 aromatic rings. The second-order valence-corrected chi connectivity index (χ2v) is 11.3. The number of aliphatic hydroxyl groups is 1. The Morgan fingerprint density at radius 2 is 1.71 bits per heavy atom. The summed E-state index contributed by atoms with van der Waals surface area (Å²) in [6.45, 7) is 1.73. The van der Waals surface area contributed by atoms with Crippen molar-refractivity contribution in [3.63, 3.8) is 0 Å². The Bertz CT molecular complexity index is 1120. The highest BCUT2D eigenvalue weighted by Crippen LogP contribution is 2.60. The molecule has 7 heteroatoms. The number of nitrogens with zero attached hydrogens (tertiary/aromatic N) is 1. The molecule has 0 radical (unpaired) electrons. The summed E-state index contributed by atoms with van der Waals surface area (Å²) in [6, 6.07) is 6.65. The van der Waals surface area contributed by atoms with E-state index in [9.17, 15) is 19.5 Å². The lowest BCUT2D eigenvalue weighted by molar-refractivity contribution is -0.166. The van der Waals surface area contributed by atoms with Gasteiger partial charge in [0.2, 0.25) is 11.7 Å². The maximum atomic E-state index is 13.8. The predicted molar refractivity (Wildman–Crippen MR) is 125 cm³/mol. The lowest BCUT2D eigenvalue weighted by Gasteiger charge is -2.56. The van der Waals surface area contributed by atoms with Gasteiger partial charge in [0.1, 0.15) is 6.04 Å². The molecular formula is C27H32N2O5. The van der Waals surface area contributed by atoms with Crippen LogP contribution in [0.4, 0.5) is 0 Å². The second-order valence-electron chi connectivity index (χ2n) is 11.3. The maximum absolute atomic E-state index is 13.8. The van der Waals surface area contributed by atoms with Crippen LogP contribution >= 0.6 is 0 Å². The highest BCUT2D eigenvalue weighted by molar-refractivity contribution is 6.10. The lowest BCUT2D eigenvalue weighted by atomic mass is 9.49. The van der Waals surface area contributed by atoms with Crippen molar-refractivity contribution in [1.82, 2.24) is 9.88 Å². The fraction of sp³-hybridized carbons (Fsp3) is 0.593. The number of carbonyl (C=O) groups excluding carboxylic acids is 3. The summed E-state index contributed by atoms with van der Waals surface area (Å²) in [5, 5.41) is 11.2. The smallest absolute Gasteiger partial charge is 0.329 e. The molecular weight excluding hydrogens is 432 g/mol. The van der Waals surface area contributed by atoms with E-state index < -0.39 is 24.2 Å². The number of Topliss-reactive ketones (excluding diaryl/α,β-unsaturated/α-hetero) is 1. The topological polar surface area (TPSA) is 99.7 Å². The minimum Gasteiger partial charge on any atom is -0.453 e. The van der Waals surface area contributed by atoms with Gasteiger partial charge in [0.15, 0.2) is 6.10 Å². The fourth-order valence-electron chi connectivity index (χ4n) is 7.74. The van der Waals surface area contributed by atoms with Crippen molar-refractivity contribution in [2.24, 2.45) is 23.2 Å². The molecule has 7 nitrogen and oxygen atoms in total. The van der Waals surface area contributed by atoms with Gasteiger partial charge in [-0.15, -0.1) is 0 Å². The molecule has 0 spiro atoms. The largest absolute Gasteiger partial charge is 0.453 e. The molecule has 1 aliphatic heterocycles. The van der Waals surface area contributed by atoms with Crippen LogP contribution in [0.3, 0.4) is 0 Å². The van der Waals surface area contributed by atoms with Gasteiger partial charge in [-0.1, -0.05) is 18.2 Å². The van der Waals surface area contributed by atoms with Gasteiger partial charge in [-0.05, 0) is 69.3 Å². The third kappa shape index (κ3) is 3.47. The molecule has 7 rings (SSSR count). The number of likely N-dealkylation sites (tertiary alicyclic amines) is 1. The number of hydrogen-bond acceptors (Lipinski definition) is 5. The number of H-pyrrole nitrogens is 1. The summed E-state index contributed by atoms with van der Waals surface area (Å²) in [5.74, 6) is 0.963. The number of esters is 1. The first-order valence-electron chi connectivity index (χ1n) is 12.6. The summed E-state index contributed by atoms with van der Waals surface area (Å²) < 4.78 is 5.61. The predicted octanol–water partition coefficient (Wildman–Crippen LogP) is 3.46. The number of ketones is 1. The first-order chi connectivity index (χ1) is 16.3. The Morgan fingerprint density at radius 1 is 1.06 bits per heavy atom. The number of carbonyl (C=O) groups is 3. The van der Waals surface area contributed by atoms with Crippen molar-refractivity contribution >= 4 is 28.6 Å². The second kappa shape index (κ2) is 7.94. The standard InChI is InChI=1S/C27H32N2O5/c1-15(24(31)21-13-28-22-5-3-2-4-20(21)22)34-25(32)23-9-19(30)14-29(23)26(33)27-10-16-6-17(11-27)8-18(7-16)12-27/h2-5,13,15-19,23,28,30H,6-12,14H2,1H3. The van der Waals surface area contributed by atoms with Crippen LogP contribution in [0.5, 0.6) is 0 Å². The molecule has 5 fully saturated rings. The molecule has 1 saturated heterocycles. The van der Waals surface area contributed by atoms with Crippen molar-refractivity contribution in [1.29, 1.82) is 0 Å². The molecule has 34 heavy (non-hydrogen) atoms. The Hall–Kier alpha value is -2.67. The van der Waals surface area contributed by atoms with Crippen LogP contribution in [-0.4, -0.2) is 57.4 Å². The average Bonchev–Trinajstić information content (AvgIpc) is 3.40. The van der Waals surface area contributed by atoms with Crippen molar-refractivity contribution in [2.45, 2.75) is 70.1 Å². The van der Waals surface area contributed by atoms with E-state index >= 15 is 0 Å². The van der Waals surface area contributed by atoms with Gasteiger partial charge < -0.3 is 19.7 Å². The molecule has 4 bridgehead atoms. The molecule has 1 aromatic carbocycles. The van der Waals surface area contributed by atoms with Gasteiger partial charge in [0.25, 0.3) is 0 Å². The van der Waals surface area contributed by atoms with Crippen molar-refractivity contribution in [3.8, 4) is 0 Å². The summed E-state index contributed by atoms with van der Waals surface area (Å²) in [7, 11) is 0. The minimum atomic E-state index is -0.985. The number of hydrogen-bond donors (Lipinski definition) is 2. The van der Waals surface area contributed by atoms with Crippen LogP contribution in [0.2, 0.25) is 0 Å². The van der Waals surface area contributed by atoms with E-state index in [4.69, 9.17) is 4.74 Å². The monoisotopic (exact) mass is 464 g/mol. The van der Waals surface area contributed by atoms with E-state index in [0.717, 1.165) is 30.2 Å². The van der Waals surface area contributed by atoms with Crippen molar-refractivity contribution in [3.05, 3.63) is 36.0 Å². The molecule has 1 amide bonds. The number of amides is 1. The van der Waals surface area contributed by atoms with Crippen LogP contribution in [0, 0.1) is 23.2 Å². The minimum absolute atomic E-state index is 0.0145. The van der Waals surface area contributed by atoms with Crippen LogP contribution in [0.1, 0.15) is 62.2 Å². The Labute approximate surface area is 198 Å². The number of aromatic amines is 1. The van der Waals surface area contributed by atoms with E-state index in [1.807, 2.05) is 24.3 Å². The summed E-state index contributed by atoms with van der Waals surface area (Å²) >= 11 is 0. The Kier molecular flexibility index (Phi) is 5.10. The Morgan fingerprint density at radius 3 is 2.38 bits per heavy atom. The first kappa shape index (κ1) is 21.8. The van der Waals surface area contributed by atoms with Gasteiger partial charge in [-0.3, -0.25) is 9.59 Å². The third-order valence-electron chi connectivity index (χ3n) is 8.82. The Balaban J connectivity index is 1.18. The zero-order chi connectivity index (χ0) is 23.6. The van der Waals surface area contributed by atoms with E-state index in [1.165, 1.54) is 19.3 Å². The number of benzene rings is 1. The van der Waals surface area contributed by atoms with E-state index in [1.54, 1.807) is 18.0 Å². The highest BCUT2D eigenvalue weighted by Gasteiger charge is 2.57. The van der Waals surface area contributed by atoms with Gasteiger partial charge in [0, 0.05) is 35.6 Å². The quantitative estimate of drug-likeness (QED) is 0.522. The number of aliphatic hydroxyl groups excluding tert-OH is 1. The summed E-state index contributed by atoms with van der Waals surface area (Å²) in [6.07, 6.45) is 6.46. The number of ether oxygens (including phenoxy) is 1. The van der Waals surface area contributed by atoms with Gasteiger partial charge in [-0.25, -0.2) is 4.79 Å². The maximum Gasteiger partial charge on any atom is 0.329 e. The highest BCUT2D eigenvalue weighted by atomic mass is 16.5. The number of rotatable bonds is 5. The number of nitrogens with one attached hydrogen (secondary N) is 1. The molecule has 1 aromatic heterocycles. The van der Waals surface area contributed by atoms with Gasteiger partial charge >= 0.3 is 5.97 Å². The van der Waals surface area contributed by atoms with Gasteiger partial charge in [-0.2, -0.15) is 0 Å². The number of fused-ring (bicyclic) bond motifs is 1. The van der Waals surface area contributed by atoms with E-state index in [-0.39, 0.29) is 30.1 Å². The van der Waals surface area contributed by atoms with Crippen molar-refractivity contribution < 1.29 is 24.2 Å². The first-order valence-corrected chi connectivity index (χ1v) is 12.6. The average molecular weight is 465 g/mol. The van der Waals surface area contributed by atoms with Crippen LogP contribution in [-0.2, 0) is 14.3 Å². The van der Waals surface area contributed by atoms with E-state index in [2.05, 4.69) is 4.98 Å². The SMILES string of the molecule is CC(OC(=O)C1CC(O)CN1C(=O)C12CC3CC(CC(C3)C1)C2)C(=O)c1c[nH]c2ccccc12. The van der Waals surface area contributed by atoms with Gasteiger partial charge in [0.05, 0.1) is 11.5 Å². The zero-order valence-corrected chi connectivity index (χ0v) is 19.5. The van der Waals surface area contributed by atoms with Crippen LogP contribution < -0.4 is 0 Å². The molecule has 5 aliphatic rings. The lowest BCUT2D eigenvalue weighted by Crippen LogP contribution is -2.56. The number of β-amino-alcohol motifs (C(OH)–C–C–N with tert-alkyl or cyclic N) is 1. The molecule has 3 atom stereocenters. The summed E-state index contributed by atoms with van der Waals surface area (Å²) in [5.41, 5.74) is 0.933. The summed E-state index contributed by atoms with van der Waals surface area (Å²) in [4.78, 5) is 44.7. The molecule has 180 valence electrons.